The summed E-state index contributed by atoms with van der Waals surface area (Å²) < 4.78 is 10.4. The summed E-state index contributed by atoms with van der Waals surface area (Å²) in [7, 11) is 1.36. The molecule has 1 aromatic heterocycles. The van der Waals surface area contributed by atoms with Crippen LogP contribution >= 0.6 is 0 Å². The maximum atomic E-state index is 11.7. The van der Waals surface area contributed by atoms with E-state index in [0.717, 1.165) is 12.8 Å². The molecule has 5 nitrogen and oxygen atoms in total. The average molecular weight is 274 g/mol. The van der Waals surface area contributed by atoms with Crippen LogP contribution in [0.5, 0.6) is 0 Å². The Bertz CT molecular complexity index is 615. The summed E-state index contributed by atoms with van der Waals surface area (Å²) in [5.41, 5.74) is 1.59. The summed E-state index contributed by atoms with van der Waals surface area (Å²) in [5.74, 6) is -0.395. The molecular formula is C15H18N2O3. The molecule has 1 saturated carbocycles. The van der Waals surface area contributed by atoms with Gasteiger partial charge in [0.1, 0.15) is 5.52 Å². The normalized spacial score (nSPS) is 16.2. The van der Waals surface area contributed by atoms with E-state index in [0.29, 0.717) is 28.7 Å². The monoisotopic (exact) mass is 274 g/mol. The quantitative estimate of drug-likeness (QED) is 0.869. The molecule has 0 bridgehead atoms. The Morgan fingerprint density at radius 2 is 2.15 bits per heavy atom. The van der Waals surface area contributed by atoms with E-state index in [1.807, 2.05) is 0 Å². The molecule has 0 unspecified atom stereocenters. The molecule has 0 atom stereocenters. The second-order valence-corrected chi connectivity index (χ2v) is 5.14. The van der Waals surface area contributed by atoms with E-state index in [2.05, 4.69) is 10.3 Å². The van der Waals surface area contributed by atoms with Crippen molar-refractivity contribution in [3.63, 3.8) is 0 Å². The average Bonchev–Trinajstić information content (AvgIpc) is 2.89. The second-order valence-electron chi connectivity index (χ2n) is 5.14. The molecule has 106 valence electrons. The van der Waals surface area contributed by atoms with Crippen molar-refractivity contribution in [2.45, 2.75) is 38.1 Å². The zero-order valence-corrected chi connectivity index (χ0v) is 11.5. The topological polar surface area (TPSA) is 64.4 Å². The Morgan fingerprint density at radius 3 is 2.90 bits per heavy atom. The van der Waals surface area contributed by atoms with Crippen LogP contribution in [-0.4, -0.2) is 24.1 Å². The van der Waals surface area contributed by atoms with Gasteiger partial charge in [-0.3, -0.25) is 0 Å². The Morgan fingerprint density at radius 1 is 1.35 bits per heavy atom. The molecule has 3 rings (SSSR count). The van der Waals surface area contributed by atoms with Crippen molar-refractivity contribution >= 4 is 23.1 Å². The third kappa shape index (κ3) is 2.48. The molecule has 5 heteroatoms. The summed E-state index contributed by atoms with van der Waals surface area (Å²) in [4.78, 5) is 16.1. The number of oxazole rings is 1. The van der Waals surface area contributed by atoms with Gasteiger partial charge in [0, 0.05) is 6.04 Å². The van der Waals surface area contributed by atoms with Gasteiger partial charge in [-0.05, 0) is 25.0 Å². The van der Waals surface area contributed by atoms with Crippen LogP contribution in [0, 0.1) is 0 Å². The number of rotatable bonds is 3. The van der Waals surface area contributed by atoms with Crippen LogP contribution in [0.15, 0.2) is 22.6 Å². The second kappa shape index (κ2) is 5.53. The molecule has 1 heterocycles. The summed E-state index contributed by atoms with van der Waals surface area (Å²) in [5, 5.41) is 3.32. The van der Waals surface area contributed by atoms with Crippen LogP contribution in [0.1, 0.15) is 42.5 Å². The first-order valence-corrected chi connectivity index (χ1v) is 7.02. The van der Waals surface area contributed by atoms with E-state index in [1.165, 1.54) is 26.4 Å². The SMILES string of the molecule is COC(=O)c1cccc2oc(NC3CCCCC3)nc12. The minimum absolute atomic E-state index is 0.395. The predicted octanol–water partition coefficient (Wildman–Crippen LogP) is 3.36. The Balaban J connectivity index is 1.88. The number of aromatic nitrogens is 1. The highest BCUT2D eigenvalue weighted by Crippen LogP contribution is 2.26. The molecule has 1 N–H and O–H groups in total. The van der Waals surface area contributed by atoms with Crippen molar-refractivity contribution in [3.8, 4) is 0 Å². The Kier molecular flexibility index (Phi) is 3.58. The number of hydrogen-bond acceptors (Lipinski definition) is 5. The van der Waals surface area contributed by atoms with Gasteiger partial charge in [0.05, 0.1) is 12.7 Å². The summed E-state index contributed by atoms with van der Waals surface area (Å²) in [6.45, 7) is 0. The van der Waals surface area contributed by atoms with Gasteiger partial charge in [-0.25, -0.2) is 4.79 Å². The van der Waals surface area contributed by atoms with Gasteiger partial charge in [0.15, 0.2) is 5.58 Å². The largest absolute Gasteiger partial charge is 0.465 e. The molecule has 0 saturated heterocycles. The highest BCUT2D eigenvalue weighted by Gasteiger charge is 2.18. The van der Waals surface area contributed by atoms with Crippen LogP contribution in [0.3, 0.4) is 0 Å². The van der Waals surface area contributed by atoms with Gasteiger partial charge < -0.3 is 14.5 Å². The number of esters is 1. The van der Waals surface area contributed by atoms with Crippen LogP contribution < -0.4 is 5.32 Å². The number of nitrogens with one attached hydrogen (secondary N) is 1. The fourth-order valence-electron chi connectivity index (χ4n) is 2.71. The Hall–Kier alpha value is -2.04. The minimum Gasteiger partial charge on any atom is -0.465 e. The number of hydrogen-bond donors (Lipinski definition) is 1. The van der Waals surface area contributed by atoms with Crippen molar-refractivity contribution < 1.29 is 13.9 Å². The van der Waals surface area contributed by atoms with Gasteiger partial charge >= 0.3 is 5.97 Å². The third-order valence-electron chi connectivity index (χ3n) is 3.76. The minimum atomic E-state index is -0.395. The number of nitrogens with zero attached hydrogens (tertiary/aromatic N) is 1. The number of anilines is 1. The molecule has 1 aliphatic carbocycles. The number of ether oxygens (including phenoxy) is 1. The molecule has 1 aliphatic rings. The smallest absolute Gasteiger partial charge is 0.340 e. The molecule has 0 aliphatic heterocycles. The highest BCUT2D eigenvalue weighted by atomic mass is 16.5. The van der Waals surface area contributed by atoms with Crippen molar-refractivity contribution in [1.82, 2.24) is 4.98 Å². The lowest BCUT2D eigenvalue weighted by Gasteiger charge is -2.21. The number of methoxy groups -OCH3 is 1. The summed E-state index contributed by atoms with van der Waals surface area (Å²) >= 11 is 0. The van der Waals surface area contributed by atoms with Gasteiger partial charge in [-0.2, -0.15) is 4.98 Å². The van der Waals surface area contributed by atoms with Gasteiger partial charge in [0.2, 0.25) is 0 Å². The number of carbonyl (C=O) groups excluding carboxylic acids is 1. The van der Waals surface area contributed by atoms with E-state index in [9.17, 15) is 4.79 Å². The fourth-order valence-corrected chi connectivity index (χ4v) is 2.71. The maximum Gasteiger partial charge on any atom is 0.340 e. The van der Waals surface area contributed by atoms with Crippen LogP contribution in [0.4, 0.5) is 6.01 Å². The van der Waals surface area contributed by atoms with E-state index >= 15 is 0 Å². The van der Waals surface area contributed by atoms with Crippen molar-refractivity contribution in [1.29, 1.82) is 0 Å². The number of fused-ring (bicyclic) bond motifs is 1. The lowest BCUT2D eigenvalue weighted by Crippen LogP contribution is -2.22. The van der Waals surface area contributed by atoms with Gasteiger partial charge in [-0.15, -0.1) is 0 Å². The van der Waals surface area contributed by atoms with Gasteiger partial charge in [-0.1, -0.05) is 25.3 Å². The number of para-hydroxylation sites is 1. The van der Waals surface area contributed by atoms with Crippen molar-refractivity contribution in [2.24, 2.45) is 0 Å². The molecule has 0 spiro atoms. The molecule has 1 fully saturated rings. The van der Waals surface area contributed by atoms with Crippen LogP contribution in [-0.2, 0) is 4.74 Å². The number of carbonyl (C=O) groups is 1. The molecular weight excluding hydrogens is 256 g/mol. The van der Waals surface area contributed by atoms with Gasteiger partial charge in [0.25, 0.3) is 6.01 Å². The van der Waals surface area contributed by atoms with Crippen LogP contribution in [0.25, 0.3) is 11.1 Å². The zero-order chi connectivity index (χ0) is 13.9. The first-order chi connectivity index (χ1) is 9.78. The first-order valence-electron chi connectivity index (χ1n) is 7.02. The molecule has 1 aromatic carbocycles. The lowest BCUT2D eigenvalue weighted by molar-refractivity contribution is 0.0603. The van der Waals surface area contributed by atoms with E-state index in [1.54, 1.807) is 18.2 Å². The molecule has 20 heavy (non-hydrogen) atoms. The maximum absolute atomic E-state index is 11.7. The molecule has 0 amide bonds. The van der Waals surface area contributed by atoms with Crippen molar-refractivity contribution in [2.75, 3.05) is 12.4 Å². The molecule has 0 radical (unpaired) electrons. The van der Waals surface area contributed by atoms with E-state index in [4.69, 9.17) is 9.15 Å². The van der Waals surface area contributed by atoms with E-state index in [-0.39, 0.29) is 0 Å². The Labute approximate surface area is 117 Å². The predicted molar refractivity (Wildman–Crippen MR) is 75.8 cm³/mol. The first kappa shape index (κ1) is 13.0. The summed E-state index contributed by atoms with van der Waals surface area (Å²) in [6.07, 6.45) is 6.07. The fraction of sp³-hybridized carbons (Fsp3) is 0.467. The third-order valence-corrected chi connectivity index (χ3v) is 3.76. The lowest BCUT2D eigenvalue weighted by atomic mass is 9.96. The standard InChI is InChI=1S/C15H18N2O3/c1-19-14(18)11-8-5-9-12-13(11)17-15(20-12)16-10-6-3-2-4-7-10/h5,8-10H,2-4,6-7H2,1H3,(H,16,17). The van der Waals surface area contributed by atoms with Crippen molar-refractivity contribution in [3.05, 3.63) is 23.8 Å². The summed E-state index contributed by atoms with van der Waals surface area (Å²) in [6, 6.07) is 6.17. The van der Waals surface area contributed by atoms with Crippen LogP contribution in [0.2, 0.25) is 0 Å². The number of benzene rings is 1. The van der Waals surface area contributed by atoms with E-state index < -0.39 is 5.97 Å². The highest BCUT2D eigenvalue weighted by molar-refractivity contribution is 6.01. The zero-order valence-electron chi connectivity index (χ0n) is 11.5. The molecule has 2 aromatic rings.